The molecular formula is C13H18F3NO3S. The highest BCUT2D eigenvalue weighted by Crippen LogP contribution is 2.22. The maximum Gasteiger partial charge on any atom is 0.243 e. The maximum atomic E-state index is 13.4. The van der Waals surface area contributed by atoms with Gasteiger partial charge in [0.15, 0.2) is 17.5 Å². The van der Waals surface area contributed by atoms with Gasteiger partial charge in [-0.25, -0.2) is 26.3 Å². The molecule has 0 radical (unpaired) electrons. The molecule has 8 heteroatoms. The van der Waals surface area contributed by atoms with Gasteiger partial charge in [-0.3, -0.25) is 0 Å². The lowest BCUT2D eigenvalue weighted by Gasteiger charge is -2.21. The van der Waals surface area contributed by atoms with E-state index >= 15 is 0 Å². The standard InChI is InChI=1S/C13H18F3NO3S/c1-13(2,8-18)6-3-7-17-21(19,20)10-5-4-9(14)11(15)12(10)16/h4-5,17-18H,3,6-8H2,1-2H3. The zero-order valence-corrected chi connectivity index (χ0v) is 12.6. The fourth-order valence-electron chi connectivity index (χ4n) is 1.65. The van der Waals surface area contributed by atoms with E-state index in [1.165, 1.54) is 0 Å². The normalized spacial score (nSPS) is 12.7. The van der Waals surface area contributed by atoms with Gasteiger partial charge >= 0.3 is 0 Å². The minimum absolute atomic E-state index is 0.00417. The number of aliphatic hydroxyl groups is 1. The van der Waals surface area contributed by atoms with Gasteiger partial charge in [-0.15, -0.1) is 0 Å². The van der Waals surface area contributed by atoms with Crippen LogP contribution in [0, 0.1) is 22.9 Å². The molecule has 0 aromatic heterocycles. The molecule has 0 heterocycles. The minimum Gasteiger partial charge on any atom is -0.396 e. The molecule has 0 spiro atoms. The summed E-state index contributed by atoms with van der Waals surface area (Å²) in [5.41, 5.74) is -0.349. The lowest BCUT2D eigenvalue weighted by molar-refractivity contribution is 0.148. The van der Waals surface area contributed by atoms with Crippen molar-refractivity contribution in [1.29, 1.82) is 0 Å². The number of hydrogen-bond donors (Lipinski definition) is 2. The van der Waals surface area contributed by atoms with Gasteiger partial charge < -0.3 is 5.11 Å². The zero-order chi connectivity index (χ0) is 16.3. The Bertz CT molecular complexity index is 603. The summed E-state index contributed by atoms with van der Waals surface area (Å²) in [4.78, 5) is -0.928. The van der Waals surface area contributed by atoms with Crippen LogP contribution in [0.5, 0.6) is 0 Å². The molecule has 21 heavy (non-hydrogen) atoms. The summed E-state index contributed by atoms with van der Waals surface area (Å²) >= 11 is 0. The molecule has 0 saturated carbocycles. The summed E-state index contributed by atoms with van der Waals surface area (Å²) in [5, 5.41) is 9.06. The van der Waals surface area contributed by atoms with E-state index in [1.54, 1.807) is 0 Å². The number of rotatable bonds is 7. The number of nitrogens with one attached hydrogen (secondary N) is 1. The largest absolute Gasteiger partial charge is 0.396 e. The van der Waals surface area contributed by atoms with E-state index in [0.717, 1.165) is 0 Å². The monoisotopic (exact) mass is 325 g/mol. The van der Waals surface area contributed by atoms with Gasteiger partial charge in [0.05, 0.1) is 0 Å². The molecule has 0 atom stereocenters. The van der Waals surface area contributed by atoms with Gasteiger partial charge in [-0.1, -0.05) is 13.8 Å². The third kappa shape index (κ3) is 4.69. The lowest BCUT2D eigenvalue weighted by atomic mass is 9.89. The topological polar surface area (TPSA) is 66.4 Å². The Morgan fingerprint density at radius 3 is 2.38 bits per heavy atom. The van der Waals surface area contributed by atoms with Crippen molar-refractivity contribution in [3.8, 4) is 0 Å². The van der Waals surface area contributed by atoms with Crippen molar-refractivity contribution in [3.63, 3.8) is 0 Å². The van der Waals surface area contributed by atoms with E-state index in [0.29, 0.717) is 25.0 Å². The van der Waals surface area contributed by atoms with Crippen LogP contribution >= 0.6 is 0 Å². The molecule has 0 bridgehead atoms. The van der Waals surface area contributed by atoms with Crippen LogP contribution in [0.1, 0.15) is 26.7 Å². The first-order chi connectivity index (χ1) is 9.60. The molecule has 0 saturated heterocycles. The van der Waals surface area contributed by atoms with E-state index in [4.69, 9.17) is 5.11 Å². The Balaban J connectivity index is 2.73. The van der Waals surface area contributed by atoms with Gasteiger partial charge in [0.2, 0.25) is 10.0 Å². The molecule has 0 aliphatic rings. The Hall–Kier alpha value is -1.12. The molecule has 0 aliphatic heterocycles. The van der Waals surface area contributed by atoms with E-state index in [1.807, 2.05) is 13.8 Å². The second-order valence-electron chi connectivity index (χ2n) is 5.50. The van der Waals surface area contributed by atoms with Crippen LogP contribution in [0.15, 0.2) is 17.0 Å². The summed E-state index contributed by atoms with van der Waals surface area (Å²) in [6.07, 6.45) is 0.963. The van der Waals surface area contributed by atoms with E-state index < -0.39 is 32.4 Å². The number of sulfonamides is 1. The van der Waals surface area contributed by atoms with Crippen molar-refractivity contribution in [3.05, 3.63) is 29.6 Å². The number of halogens is 3. The molecule has 0 fully saturated rings. The van der Waals surface area contributed by atoms with Crippen molar-refractivity contribution in [2.75, 3.05) is 13.2 Å². The average Bonchev–Trinajstić information content (AvgIpc) is 2.41. The number of benzene rings is 1. The first kappa shape index (κ1) is 17.9. The van der Waals surface area contributed by atoms with E-state index in [2.05, 4.69) is 4.72 Å². The Kier molecular flexibility index (Phi) is 5.77. The smallest absolute Gasteiger partial charge is 0.243 e. The van der Waals surface area contributed by atoms with Crippen LogP contribution in [-0.2, 0) is 10.0 Å². The fraction of sp³-hybridized carbons (Fsp3) is 0.538. The van der Waals surface area contributed by atoms with Gasteiger partial charge in [0.1, 0.15) is 4.90 Å². The van der Waals surface area contributed by atoms with Crippen LogP contribution in [0.3, 0.4) is 0 Å². The van der Waals surface area contributed by atoms with Gasteiger partial charge in [0.25, 0.3) is 0 Å². The Labute approximate surface area is 122 Å². The molecule has 1 aromatic rings. The molecule has 0 aliphatic carbocycles. The summed E-state index contributed by atoms with van der Waals surface area (Å²) in [6, 6.07) is 1.23. The molecule has 1 aromatic carbocycles. The van der Waals surface area contributed by atoms with Crippen molar-refractivity contribution in [1.82, 2.24) is 4.72 Å². The highest BCUT2D eigenvalue weighted by atomic mass is 32.2. The van der Waals surface area contributed by atoms with Crippen molar-refractivity contribution >= 4 is 10.0 Å². The zero-order valence-electron chi connectivity index (χ0n) is 11.8. The minimum atomic E-state index is -4.25. The van der Waals surface area contributed by atoms with Gasteiger partial charge in [-0.05, 0) is 30.4 Å². The molecule has 0 unspecified atom stereocenters. The van der Waals surface area contributed by atoms with Crippen LogP contribution in [-0.4, -0.2) is 26.7 Å². The summed E-state index contributed by atoms with van der Waals surface area (Å²) in [5.74, 6) is -5.01. The highest BCUT2D eigenvalue weighted by molar-refractivity contribution is 7.89. The summed E-state index contributed by atoms with van der Waals surface area (Å²) in [6.45, 7) is 3.59. The number of hydrogen-bond acceptors (Lipinski definition) is 3. The maximum absolute atomic E-state index is 13.4. The van der Waals surface area contributed by atoms with Crippen molar-refractivity contribution in [2.24, 2.45) is 5.41 Å². The second kappa shape index (κ2) is 6.76. The molecule has 0 amide bonds. The first-order valence-electron chi connectivity index (χ1n) is 6.35. The van der Waals surface area contributed by atoms with Crippen LogP contribution in [0.2, 0.25) is 0 Å². The first-order valence-corrected chi connectivity index (χ1v) is 7.83. The second-order valence-corrected chi connectivity index (χ2v) is 7.23. The Morgan fingerprint density at radius 1 is 1.19 bits per heavy atom. The van der Waals surface area contributed by atoms with Crippen molar-refractivity contribution in [2.45, 2.75) is 31.6 Å². The van der Waals surface area contributed by atoms with Gasteiger partial charge in [0, 0.05) is 13.2 Å². The molecule has 1 rings (SSSR count). The van der Waals surface area contributed by atoms with Crippen LogP contribution in [0.4, 0.5) is 13.2 Å². The van der Waals surface area contributed by atoms with Crippen LogP contribution in [0.25, 0.3) is 0 Å². The predicted molar refractivity (Wildman–Crippen MR) is 71.6 cm³/mol. The van der Waals surface area contributed by atoms with E-state index in [-0.39, 0.29) is 18.6 Å². The Morgan fingerprint density at radius 2 is 1.81 bits per heavy atom. The third-order valence-electron chi connectivity index (χ3n) is 3.04. The average molecular weight is 325 g/mol. The predicted octanol–water partition coefficient (Wildman–Crippen LogP) is 2.18. The SMILES string of the molecule is CC(C)(CO)CCCNS(=O)(=O)c1ccc(F)c(F)c1F. The molecule has 2 N–H and O–H groups in total. The van der Waals surface area contributed by atoms with Crippen molar-refractivity contribution < 1.29 is 26.7 Å². The molecule has 120 valence electrons. The molecular weight excluding hydrogens is 307 g/mol. The molecule has 4 nitrogen and oxygen atoms in total. The fourth-order valence-corrected chi connectivity index (χ4v) is 2.79. The lowest BCUT2D eigenvalue weighted by Crippen LogP contribution is -2.27. The van der Waals surface area contributed by atoms with Gasteiger partial charge in [-0.2, -0.15) is 0 Å². The third-order valence-corrected chi connectivity index (χ3v) is 4.52. The quantitative estimate of drug-likeness (QED) is 0.596. The van der Waals surface area contributed by atoms with E-state index in [9.17, 15) is 21.6 Å². The highest BCUT2D eigenvalue weighted by Gasteiger charge is 2.24. The van der Waals surface area contributed by atoms with Crippen LogP contribution < -0.4 is 4.72 Å². The number of aliphatic hydroxyl groups excluding tert-OH is 1. The summed E-state index contributed by atoms with van der Waals surface area (Å²) < 4.78 is 65.0. The summed E-state index contributed by atoms with van der Waals surface area (Å²) in [7, 11) is -4.25.